The van der Waals surface area contributed by atoms with E-state index in [1.807, 2.05) is 6.92 Å². The van der Waals surface area contributed by atoms with Gasteiger partial charge in [-0.1, -0.05) is 34.1 Å². The van der Waals surface area contributed by atoms with Gasteiger partial charge in [0.05, 0.1) is 18.1 Å². The number of hydrogen-bond acceptors (Lipinski definition) is 5. The number of hydrogen-bond donors (Lipinski definition) is 3. The quantitative estimate of drug-likeness (QED) is 0.559. The fourth-order valence-corrected chi connectivity index (χ4v) is 6.35. The average Bonchev–Trinajstić information content (AvgIpc) is 3.09. The Hall–Kier alpha value is -1.05. The summed E-state index contributed by atoms with van der Waals surface area (Å²) in [6.45, 7) is 11.3. The predicted octanol–water partition coefficient (Wildman–Crippen LogP) is 2.82. The van der Waals surface area contributed by atoms with Crippen LogP contribution in [0.5, 0.6) is 0 Å². The molecule has 0 saturated carbocycles. The molecule has 0 bridgehead atoms. The molecule has 7 heteroatoms. The number of aliphatic hydroxyl groups excluding tert-OH is 1. The maximum atomic E-state index is 12.4. The molecule has 6 unspecified atom stereocenters. The molecule has 0 spiro atoms. The van der Waals surface area contributed by atoms with Crippen LogP contribution in [0.4, 0.5) is 0 Å². The van der Waals surface area contributed by atoms with Crippen LogP contribution in [0.15, 0.2) is 10.6 Å². The zero-order valence-electron chi connectivity index (χ0n) is 17.6. The Morgan fingerprint density at radius 3 is 2.64 bits per heavy atom. The summed E-state index contributed by atoms with van der Waals surface area (Å²) >= 11 is 1.63. The summed E-state index contributed by atoms with van der Waals surface area (Å²) < 4.78 is 0. The third-order valence-corrected chi connectivity index (χ3v) is 7.78. The van der Waals surface area contributed by atoms with Gasteiger partial charge in [-0.05, 0) is 31.6 Å². The maximum Gasteiger partial charge on any atom is 0.353 e. The first-order valence-corrected chi connectivity index (χ1v) is 11.3. The molecule has 0 radical (unpaired) electrons. The van der Waals surface area contributed by atoms with Crippen molar-refractivity contribution in [3.63, 3.8) is 0 Å². The SMILES string of the molecule is CC(O)C1C(=O)N2C(C(=O)O)=C(SC3CNC(CCCC(C)(C)C)C3)C(C)C12. The third-order valence-electron chi connectivity index (χ3n) is 6.27. The van der Waals surface area contributed by atoms with E-state index in [0.29, 0.717) is 16.7 Å². The fraction of sp³-hybridized carbons (Fsp3) is 0.810. The second-order valence-corrected chi connectivity index (χ2v) is 11.1. The van der Waals surface area contributed by atoms with Crippen molar-refractivity contribution in [2.24, 2.45) is 17.3 Å². The normalized spacial score (nSPS) is 33.9. The molecule has 3 rings (SSSR count). The molecule has 3 N–H and O–H groups in total. The molecule has 2 fully saturated rings. The molecule has 0 aromatic carbocycles. The number of thioether (sulfide) groups is 1. The van der Waals surface area contributed by atoms with Crippen LogP contribution in [-0.4, -0.2) is 57.0 Å². The highest BCUT2D eigenvalue weighted by Crippen LogP contribution is 2.51. The summed E-state index contributed by atoms with van der Waals surface area (Å²) in [6, 6.07) is 0.257. The Morgan fingerprint density at radius 2 is 2.07 bits per heavy atom. The monoisotopic (exact) mass is 410 g/mol. The highest BCUT2D eigenvalue weighted by Gasteiger charge is 2.60. The molecule has 6 nitrogen and oxygen atoms in total. The van der Waals surface area contributed by atoms with Gasteiger partial charge in [0.2, 0.25) is 5.91 Å². The number of nitrogens with one attached hydrogen (secondary N) is 1. The second kappa shape index (κ2) is 8.00. The Balaban J connectivity index is 1.64. The minimum atomic E-state index is -1.04. The number of rotatable bonds is 7. The highest BCUT2D eigenvalue weighted by molar-refractivity contribution is 8.03. The van der Waals surface area contributed by atoms with Crippen molar-refractivity contribution in [1.82, 2.24) is 10.2 Å². The Labute approximate surface area is 172 Å². The molecular weight excluding hydrogens is 376 g/mol. The van der Waals surface area contributed by atoms with Gasteiger partial charge < -0.3 is 20.4 Å². The summed E-state index contributed by atoms with van der Waals surface area (Å²) in [7, 11) is 0. The van der Waals surface area contributed by atoms with Gasteiger partial charge in [0.25, 0.3) is 0 Å². The standard InChI is InChI=1S/C21H34N2O4S/c1-11-16-15(12(2)24)19(25)23(16)17(20(26)27)18(11)28-14-9-13(22-10-14)7-6-8-21(3,4)5/h11-16,22,24H,6-10H2,1-5H3,(H,26,27). The van der Waals surface area contributed by atoms with Crippen LogP contribution < -0.4 is 5.32 Å². The van der Waals surface area contributed by atoms with E-state index in [2.05, 4.69) is 26.1 Å². The summed E-state index contributed by atoms with van der Waals surface area (Å²) in [5.74, 6) is -1.84. The van der Waals surface area contributed by atoms with E-state index in [0.717, 1.165) is 24.3 Å². The Morgan fingerprint density at radius 1 is 1.39 bits per heavy atom. The molecule has 3 aliphatic heterocycles. The van der Waals surface area contributed by atoms with Gasteiger partial charge in [-0.2, -0.15) is 0 Å². The van der Waals surface area contributed by atoms with Crippen LogP contribution in [0.2, 0.25) is 0 Å². The molecule has 1 amide bonds. The maximum absolute atomic E-state index is 12.4. The van der Waals surface area contributed by atoms with Crippen molar-refractivity contribution in [3.05, 3.63) is 10.6 Å². The van der Waals surface area contributed by atoms with Gasteiger partial charge in [0, 0.05) is 28.7 Å². The predicted molar refractivity (Wildman–Crippen MR) is 111 cm³/mol. The molecule has 3 aliphatic rings. The number of nitrogens with zero attached hydrogens (tertiary/aromatic N) is 1. The number of fused-ring (bicyclic) bond motifs is 1. The lowest BCUT2D eigenvalue weighted by molar-refractivity contribution is -0.163. The van der Waals surface area contributed by atoms with Gasteiger partial charge in [0.15, 0.2) is 0 Å². The molecule has 3 heterocycles. The van der Waals surface area contributed by atoms with Crippen LogP contribution in [0.3, 0.4) is 0 Å². The zero-order chi connectivity index (χ0) is 20.8. The first-order valence-electron chi connectivity index (χ1n) is 10.4. The van der Waals surface area contributed by atoms with Crippen LogP contribution in [0.25, 0.3) is 0 Å². The van der Waals surface area contributed by atoms with Crippen molar-refractivity contribution in [2.45, 2.75) is 83.7 Å². The molecule has 6 atom stereocenters. The number of carboxylic acid groups (broad SMARTS) is 1. The highest BCUT2D eigenvalue weighted by atomic mass is 32.2. The largest absolute Gasteiger partial charge is 0.477 e. The van der Waals surface area contributed by atoms with Gasteiger partial charge >= 0.3 is 5.97 Å². The second-order valence-electron chi connectivity index (χ2n) is 9.81. The molecule has 0 aromatic rings. The Bertz CT molecular complexity index is 670. The van der Waals surface area contributed by atoms with Crippen molar-refractivity contribution in [2.75, 3.05) is 6.54 Å². The van der Waals surface area contributed by atoms with E-state index in [1.165, 1.54) is 17.7 Å². The topological polar surface area (TPSA) is 89.9 Å². The smallest absolute Gasteiger partial charge is 0.353 e. The molecular formula is C21H34N2O4S. The van der Waals surface area contributed by atoms with E-state index in [9.17, 15) is 19.8 Å². The summed E-state index contributed by atoms with van der Waals surface area (Å²) in [5.41, 5.74) is 0.494. The fourth-order valence-electron chi connectivity index (χ4n) is 4.83. The molecule has 158 valence electrons. The number of carboxylic acids is 1. The number of amides is 1. The van der Waals surface area contributed by atoms with E-state index < -0.39 is 18.0 Å². The number of aliphatic hydroxyl groups is 1. The van der Waals surface area contributed by atoms with Crippen LogP contribution in [-0.2, 0) is 9.59 Å². The van der Waals surface area contributed by atoms with E-state index in [1.54, 1.807) is 18.7 Å². The zero-order valence-corrected chi connectivity index (χ0v) is 18.4. The third kappa shape index (κ3) is 4.12. The van der Waals surface area contributed by atoms with Crippen molar-refractivity contribution in [3.8, 4) is 0 Å². The molecule has 28 heavy (non-hydrogen) atoms. The van der Waals surface area contributed by atoms with Crippen molar-refractivity contribution in [1.29, 1.82) is 0 Å². The lowest BCUT2D eigenvalue weighted by Crippen LogP contribution is -2.63. The van der Waals surface area contributed by atoms with Gasteiger partial charge in [-0.3, -0.25) is 4.79 Å². The van der Waals surface area contributed by atoms with Crippen LogP contribution in [0.1, 0.15) is 60.3 Å². The van der Waals surface area contributed by atoms with E-state index >= 15 is 0 Å². The van der Waals surface area contributed by atoms with Crippen LogP contribution in [0, 0.1) is 17.3 Å². The van der Waals surface area contributed by atoms with Gasteiger partial charge in [0.1, 0.15) is 5.70 Å². The van der Waals surface area contributed by atoms with Crippen molar-refractivity contribution >= 4 is 23.6 Å². The Kier molecular flexibility index (Phi) is 6.18. The number of aliphatic carboxylic acids is 1. The minimum absolute atomic E-state index is 0.0478. The number of carbonyl (C=O) groups is 2. The molecule has 2 saturated heterocycles. The summed E-state index contributed by atoms with van der Waals surface area (Å²) in [5, 5.41) is 23.6. The van der Waals surface area contributed by atoms with E-state index in [4.69, 9.17) is 0 Å². The lowest BCUT2D eigenvalue weighted by atomic mass is 9.79. The first kappa shape index (κ1) is 21.7. The number of β-lactam (4-membered cyclic amide) rings is 1. The number of carbonyl (C=O) groups excluding carboxylic acids is 1. The van der Waals surface area contributed by atoms with E-state index in [-0.39, 0.29) is 23.6 Å². The lowest BCUT2D eigenvalue weighted by Gasteiger charge is -2.46. The average molecular weight is 411 g/mol. The van der Waals surface area contributed by atoms with Gasteiger partial charge in [-0.15, -0.1) is 11.8 Å². The van der Waals surface area contributed by atoms with Crippen molar-refractivity contribution < 1.29 is 19.8 Å². The molecule has 0 aromatic heterocycles. The minimum Gasteiger partial charge on any atom is -0.477 e. The summed E-state index contributed by atoms with van der Waals surface area (Å²) in [6.07, 6.45) is 3.81. The van der Waals surface area contributed by atoms with Crippen LogP contribution >= 0.6 is 11.8 Å². The molecule has 0 aliphatic carbocycles. The van der Waals surface area contributed by atoms with Gasteiger partial charge in [-0.25, -0.2) is 4.79 Å². The first-order chi connectivity index (χ1) is 13.0. The summed E-state index contributed by atoms with van der Waals surface area (Å²) in [4.78, 5) is 26.5.